The topological polar surface area (TPSA) is 65.1 Å². The van der Waals surface area contributed by atoms with Crippen LogP contribution in [0.5, 0.6) is 17.2 Å². The van der Waals surface area contributed by atoms with Crippen molar-refractivity contribution < 1.29 is 28.2 Å². The summed E-state index contributed by atoms with van der Waals surface area (Å²) in [6.07, 6.45) is 1.65. The SMILES string of the molecule is O=C1S/C(=C/c2ccc(OCc3ccccc3F)cc2)C(=O)N1Cc1cc2c(cc1Cl)OCO2. The van der Waals surface area contributed by atoms with Crippen molar-refractivity contribution in [1.29, 1.82) is 0 Å². The highest BCUT2D eigenvalue weighted by Gasteiger charge is 2.35. The van der Waals surface area contributed by atoms with E-state index in [0.29, 0.717) is 38.3 Å². The molecule has 1 fully saturated rings. The summed E-state index contributed by atoms with van der Waals surface area (Å²) in [5.41, 5.74) is 1.78. The number of carbonyl (C=O) groups excluding carboxylic acids is 2. The maximum atomic E-state index is 13.7. The number of carbonyl (C=O) groups is 2. The van der Waals surface area contributed by atoms with Crippen LogP contribution in [-0.2, 0) is 17.9 Å². The van der Waals surface area contributed by atoms with Gasteiger partial charge in [-0.25, -0.2) is 4.39 Å². The standard InChI is InChI=1S/C25H17ClFNO5S/c26-19-11-22-21(32-14-33-22)10-17(19)12-28-24(29)23(34-25(28)30)9-15-5-7-18(8-6-15)31-13-16-3-1-2-4-20(16)27/h1-11H,12-14H2/b23-9+. The fourth-order valence-corrected chi connectivity index (χ4v) is 4.53. The van der Waals surface area contributed by atoms with E-state index in [9.17, 15) is 14.0 Å². The number of thioether (sulfide) groups is 1. The Morgan fingerprint density at radius 3 is 2.53 bits per heavy atom. The van der Waals surface area contributed by atoms with Crippen molar-refractivity contribution in [2.45, 2.75) is 13.2 Å². The summed E-state index contributed by atoms with van der Waals surface area (Å²) in [7, 11) is 0. The van der Waals surface area contributed by atoms with Crippen molar-refractivity contribution in [3.8, 4) is 17.2 Å². The van der Waals surface area contributed by atoms with E-state index in [1.165, 1.54) is 6.07 Å². The van der Waals surface area contributed by atoms with Gasteiger partial charge in [-0.05, 0) is 53.2 Å². The molecule has 0 saturated carbocycles. The van der Waals surface area contributed by atoms with Gasteiger partial charge in [-0.2, -0.15) is 0 Å². The molecule has 34 heavy (non-hydrogen) atoms. The molecule has 0 unspecified atom stereocenters. The molecule has 3 aromatic rings. The minimum Gasteiger partial charge on any atom is -0.489 e. The maximum absolute atomic E-state index is 13.7. The average Bonchev–Trinajstić information content (AvgIpc) is 3.38. The molecule has 9 heteroatoms. The average molecular weight is 498 g/mol. The first-order valence-corrected chi connectivity index (χ1v) is 11.5. The molecule has 2 amide bonds. The van der Waals surface area contributed by atoms with Gasteiger partial charge in [-0.3, -0.25) is 14.5 Å². The molecule has 1 saturated heterocycles. The molecule has 0 atom stereocenters. The summed E-state index contributed by atoms with van der Waals surface area (Å²) in [6.45, 7) is 0.236. The molecule has 3 aromatic carbocycles. The van der Waals surface area contributed by atoms with Gasteiger partial charge in [0.25, 0.3) is 11.1 Å². The summed E-state index contributed by atoms with van der Waals surface area (Å²) >= 11 is 7.16. The van der Waals surface area contributed by atoms with Crippen LogP contribution in [0.4, 0.5) is 9.18 Å². The molecule has 0 aliphatic carbocycles. The first-order chi connectivity index (χ1) is 16.5. The highest BCUT2D eigenvalue weighted by atomic mass is 35.5. The van der Waals surface area contributed by atoms with Gasteiger partial charge in [0, 0.05) is 16.7 Å². The molecule has 0 spiro atoms. The van der Waals surface area contributed by atoms with Crippen molar-refractivity contribution in [1.82, 2.24) is 4.90 Å². The van der Waals surface area contributed by atoms with E-state index in [1.54, 1.807) is 60.7 Å². The van der Waals surface area contributed by atoms with Crippen LogP contribution in [0.1, 0.15) is 16.7 Å². The highest BCUT2D eigenvalue weighted by Crippen LogP contribution is 2.39. The number of ether oxygens (including phenoxy) is 3. The molecule has 5 rings (SSSR count). The molecule has 172 valence electrons. The Kier molecular flexibility index (Phi) is 6.17. The molecule has 0 radical (unpaired) electrons. The number of halogens is 2. The zero-order valence-electron chi connectivity index (χ0n) is 17.6. The van der Waals surface area contributed by atoms with Crippen LogP contribution in [0.15, 0.2) is 65.6 Å². The molecular formula is C25H17ClFNO5S. The fraction of sp³-hybridized carbons (Fsp3) is 0.120. The minimum absolute atomic E-state index is 0.0281. The normalized spacial score (nSPS) is 15.9. The van der Waals surface area contributed by atoms with Crippen molar-refractivity contribution in [3.63, 3.8) is 0 Å². The lowest BCUT2D eigenvalue weighted by Crippen LogP contribution is -2.27. The number of fused-ring (bicyclic) bond motifs is 1. The molecule has 2 heterocycles. The predicted octanol–water partition coefficient (Wildman–Crippen LogP) is 6.02. The quantitative estimate of drug-likeness (QED) is 0.388. The Morgan fingerprint density at radius 2 is 1.76 bits per heavy atom. The molecule has 0 aromatic heterocycles. The molecule has 0 bridgehead atoms. The number of benzene rings is 3. The van der Waals surface area contributed by atoms with Crippen molar-refractivity contribution in [2.24, 2.45) is 0 Å². The van der Waals surface area contributed by atoms with Crippen LogP contribution in [0.2, 0.25) is 5.02 Å². The first-order valence-electron chi connectivity index (χ1n) is 10.3. The van der Waals surface area contributed by atoms with E-state index >= 15 is 0 Å². The van der Waals surface area contributed by atoms with Crippen molar-refractivity contribution >= 4 is 40.6 Å². The van der Waals surface area contributed by atoms with Crippen molar-refractivity contribution in [3.05, 3.63) is 93.1 Å². The van der Waals surface area contributed by atoms with Crippen LogP contribution in [-0.4, -0.2) is 22.8 Å². The number of nitrogens with zero attached hydrogens (tertiary/aromatic N) is 1. The Hall–Kier alpha value is -3.49. The predicted molar refractivity (Wildman–Crippen MR) is 126 cm³/mol. The van der Waals surface area contributed by atoms with E-state index in [0.717, 1.165) is 22.2 Å². The van der Waals surface area contributed by atoms with E-state index in [2.05, 4.69) is 0 Å². The van der Waals surface area contributed by atoms with Gasteiger partial charge in [0.1, 0.15) is 18.2 Å². The van der Waals surface area contributed by atoms with Gasteiger partial charge >= 0.3 is 0 Å². The van der Waals surface area contributed by atoms with Gasteiger partial charge in [-0.15, -0.1) is 0 Å². The second-order valence-electron chi connectivity index (χ2n) is 7.51. The van der Waals surface area contributed by atoms with E-state index in [1.807, 2.05) is 0 Å². The second-order valence-corrected chi connectivity index (χ2v) is 8.91. The number of hydrogen-bond acceptors (Lipinski definition) is 6. The van der Waals surface area contributed by atoms with Crippen LogP contribution >= 0.6 is 23.4 Å². The summed E-state index contributed by atoms with van der Waals surface area (Å²) < 4.78 is 30.0. The van der Waals surface area contributed by atoms with Gasteiger partial charge in [0.2, 0.25) is 6.79 Å². The van der Waals surface area contributed by atoms with Crippen molar-refractivity contribution in [2.75, 3.05) is 6.79 Å². The smallest absolute Gasteiger partial charge is 0.293 e. The fourth-order valence-electron chi connectivity index (χ4n) is 3.48. The van der Waals surface area contributed by atoms with Crippen LogP contribution < -0.4 is 14.2 Å². The third-order valence-electron chi connectivity index (χ3n) is 5.27. The lowest BCUT2D eigenvalue weighted by molar-refractivity contribution is -0.123. The van der Waals surface area contributed by atoms with Crippen LogP contribution in [0.25, 0.3) is 6.08 Å². The zero-order valence-corrected chi connectivity index (χ0v) is 19.2. The van der Waals surface area contributed by atoms with E-state index < -0.39 is 5.91 Å². The number of amides is 2. The zero-order chi connectivity index (χ0) is 23.7. The number of rotatable bonds is 6. The summed E-state index contributed by atoms with van der Waals surface area (Å²) in [4.78, 5) is 26.9. The minimum atomic E-state index is -0.399. The molecule has 6 nitrogen and oxygen atoms in total. The van der Waals surface area contributed by atoms with Crippen LogP contribution in [0.3, 0.4) is 0 Å². The summed E-state index contributed by atoms with van der Waals surface area (Å²) in [5.74, 6) is 0.898. The maximum Gasteiger partial charge on any atom is 0.293 e. The van der Waals surface area contributed by atoms with E-state index in [-0.39, 0.29) is 31.0 Å². The third kappa shape index (κ3) is 4.60. The summed E-state index contributed by atoms with van der Waals surface area (Å²) in [6, 6.07) is 16.7. The number of imide groups is 1. The second kappa shape index (κ2) is 9.40. The lowest BCUT2D eigenvalue weighted by atomic mass is 10.1. The Labute approximate surface area is 203 Å². The van der Waals surface area contributed by atoms with Gasteiger partial charge in [0.05, 0.1) is 11.4 Å². The highest BCUT2D eigenvalue weighted by molar-refractivity contribution is 8.18. The Balaban J connectivity index is 1.26. The van der Waals surface area contributed by atoms with Gasteiger partial charge < -0.3 is 14.2 Å². The van der Waals surface area contributed by atoms with Gasteiger partial charge in [0.15, 0.2) is 11.5 Å². The van der Waals surface area contributed by atoms with E-state index in [4.69, 9.17) is 25.8 Å². The summed E-state index contributed by atoms with van der Waals surface area (Å²) in [5, 5.41) is 0.00748. The Morgan fingerprint density at radius 1 is 1.03 bits per heavy atom. The molecule has 2 aliphatic heterocycles. The third-order valence-corrected chi connectivity index (χ3v) is 6.53. The largest absolute Gasteiger partial charge is 0.489 e. The number of hydrogen-bond donors (Lipinski definition) is 0. The molecule has 2 aliphatic rings. The molecule has 0 N–H and O–H groups in total. The van der Waals surface area contributed by atoms with Crippen LogP contribution in [0, 0.1) is 5.82 Å². The first kappa shape index (κ1) is 22.3. The lowest BCUT2D eigenvalue weighted by Gasteiger charge is -2.14. The van der Waals surface area contributed by atoms with Gasteiger partial charge in [-0.1, -0.05) is 41.9 Å². The Bertz CT molecular complexity index is 1310. The molecular weight excluding hydrogens is 481 g/mol. The monoisotopic (exact) mass is 497 g/mol.